The smallest absolute Gasteiger partial charge is 0.255 e. The highest BCUT2D eigenvalue weighted by Crippen LogP contribution is 2.20. The Bertz CT molecular complexity index is 1140. The highest BCUT2D eigenvalue weighted by molar-refractivity contribution is 5.90. The maximum absolute atomic E-state index is 12.8. The molecule has 1 amide bonds. The molecule has 0 spiro atoms. The van der Waals surface area contributed by atoms with Gasteiger partial charge in [0.25, 0.3) is 5.56 Å². The van der Waals surface area contributed by atoms with E-state index in [2.05, 4.69) is 32.2 Å². The van der Waals surface area contributed by atoms with Crippen LogP contribution in [0.1, 0.15) is 5.69 Å². The van der Waals surface area contributed by atoms with Crippen molar-refractivity contribution < 1.29 is 9.53 Å². The van der Waals surface area contributed by atoms with Crippen LogP contribution in [0.4, 0.5) is 17.3 Å². The summed E-state index contributed by atoms with van der Waals surface area (Å²) < 4.78 is 6.64. The highest BCUT2D eigenvalue weighted by Gasteiger charge is 2.22. The average molecular weight is 434 g/mol. The third kappa shape index (κ3) is 4.91. The zero-order chi connectivity index (χ0) is 22.5. The highest BCUT2D eigenvalue weighted by atomic mass is 16.5. The van der Waals surface area contributed by atoms with Crippen molar-refractivity contribution in [2.24, 2.45) is 0 Å². The van der Waals surface area contributed by atoms with E-state index >= 15 is 0 Å². The van der Waals surface area contributed by atoms with E-state index in [4.69, 9.17) is 4.74 Å². The number of carbonyl (C=O) groups excluding carboxylic acids is 1. The molecule has 1 aliphatic heterocycles. The molecule has 1 N–H and O–H groups in total. The van der Waals surface area contributed by atoms with Crippen LogP contribution in [0.2, 0.25) is 0 Å². The minimum Gasteiger partial charge on any atom is -0.497 e. The summed E-state index contributed by atoms with van der Waals surface area (Å²) in [6.07, 6.45) is 0. The number of hydrogen-bond acceptors (Lipinski definition) is 6. The number of aryl methyl sites for hydroxylation is 1. The Balaban J connectivity index is 1.50. The van der Waals surface area contributed by atoms with Crippen LogP contribution >= 0.6 is 0 Å². The van der Waals surface area contributed by atoms with Crippen LogP contribution in [0.25, 0.3) is 0 Å². The summed E-state index contributed by atoms with van der Waals surface area (Å²) in [5.74, 6) is 0.882. The fourth-order valence-electron chi connectivity index (χ4n) is 3.84. The largest absolute Gasteiger partial charge is 0.497 e. The summed E-state index contributed by atoms with van der Waals surface area (Å²) >= 11 is 0. The second kappa shape index (κ2) is 9.55. The Morgan fingerprint density at radius 2 is 1.72 bits per heavy atom. The minimum absolute atomic E-state index is 0.114. The lowest BCUT2D eigenvalue weighted by atomic mass is 10.2. The van der Waals surface area contributed by atoms with Gasteiger partial charge in [-0.15, -0.1) is 0 Å². The topological polar surface area (TPSA) is 79.7 Å². The number of nitrogens with zero attached hydrogens (tertiary/aromatic N) is 4. The summed E-state index contributed by atoms with van der Waals surface area (Å²) in [4.78, 5) is 34.5. The van der Waals surface area contributed by atoms with Crippen LogP contribution in [0.15, 0.2) is 65.5 Å². The molecule has 8 nitrogen and oxygen atoms in total. The van der Waals surface area contributed by atoms with Gasteiger partial charge in [0, 0.05) is 55.4 Å². The molecule has 4 rings (SSSR count). The van der Waals surface area contributed by atoms with Crippen LogP contribution in [0.5, 0.6) is 5.75 Å². The third-order valence-electron chi connectivity index (χ3n) is 5.46. The van der Waals surface area contributed by atoms with Gasteiger partial charge < -0.3 is 19.9 Å². The van der Waals surface area contributed by atoms with Gasteiger partial charge in [-0.1, -0.05) is 24.3 Å². The summed E-state index contributed by atoms with van der Waals surface area (Å²) in [7, 11) is 1.57. The molecule has 0 atom stereocenters. The number of amides is 1. The van der Waals surface area contributed by atoms with Gasteiger partial charge in [0.2, 0.25) is 11.9 Å². The molecule has 0 radical (unpaired) electrons. The van der Waals surface area contributed by atoms with Crippen LogP contribution in [-0.2, 0) is 11.3 Å². The van der Waals surface area contributed by atoms with Gasteiger partial charge in [-0.25, -0.2) is 4.98 Å². The number of anilines is 3. The first-order chi connectivity index (χ1) is 15.5. The fraction of sp³-hybridized carbons (Fsp3) is 0.292. The number of nitrogens with one attached hydrogen (secondary N) is 1. The van der Waals surface area contributed by atoms with Crippen molar-refractivity contribution in [3.05, 3.63) is 76.7 Å². The number of ether oxygens (including phenoxy) is 1. The predicted octanol–water partition coefficient (Wildman–Crippen LogP) is 2.53. The molecular formula is C24H27N5O3. The summed E-state index contributed by atoms with van der Waals surface area (Å²) in [5.41, 5.74) is 2.19. The molecule has 32 heavy (non-hydrogen) atoms. The Labute approximate surface area is 187 Å². The average Bonchev–Trinajstić information content (AvgIpc) is 2.81. The van der Waals surface area contributed by atoms with E-state index in [-0.39, 0.29) is 18.0 Å². The van der Waals surface area contributed by atoms with Gasteiger partial charge >= 0.3 is 0 Å². The van der Waals surface area contributed by atoms with Crippen LogP contribution in [0, 0.1) is 6.92 Å². The number of piperazine rings is 1. The van der Waals surface area contributed by atoms with Crippen molar-refractivity contribution >= 4 is 23.2 Å². The quantitative estimate of drug-likeness (QED) is 0.644. The summed E-state index contributed by atoms with van der Waals surface area (Å²) in [6, 6.07) is 18.8. The lowest BCUT2D eigenvalue weighted by Gasteiger charge is -2.37. The van der Waals surface area contributed by atoms with Gasteiger partial charge in [-0.2, -0.15) is 0 Å². The number of aromatic nitrogens is 2. The molecule has 8 heteroatoms. The number of carbonyl (C=O) groups is 1. The second-order valence-corrected chi connectivity index (χ2v) is 7.71. The van der Waals surface area contributed by atoms with E-state index in [1.807, 2.05) is 18.2 Å². The zero-order valence-corrected chi connectivity index (χ0v) is 18.3. The lowest BCUT2D eigenvalue weighted by Crippen LogP contribution is -2.48. The van der Waals surface area contributed by atoms with Crippen LogP contribution < -0.4 is 25.4 Å². The van der Waals surface area contributed by atoms with Gasteiger partial charge in [0.05, 0.1) is 7.11 Å². The number of para-hydroxylation sites is 1. The molecule has 2 heterocycles. The van der Waals surface area contributed by atoms with Crippen LogP contribution in [-0.4, -0.2) is 48.7 Å². The monoisotopic (exact) mass is 433 g/mol. The first-order valence-corrected chi connectivity index (χ1v) is 10.6. The van der Waals surface area contributed by atoms with E-state index in [1.54, 1.807) is 38.3 Å². The first-order valence-electron chi connectivity index (χ1n) is 10.6. The lowest BCUT2D eigenvalue weighted by molar-refractivity contribution is -0.116. The minimum atomic E-state index is -0.296. The van der Waals surface area contributed by atoms with Gasteiger partial charge in [0.15, 0.2) is 0 Å². The van der Waals surface area contributed by atoms with E-state index in [1.165, 1.54) is 16.3 Å². The molecule has 1 saturated heterocycles. The van der Waals surface area contributed by atoms with Gasteiger partial charge in [-0.05, 0) is 31.2 Å². The predicted molar refractivity (Wildman–Crippen MR) is 126 cm³/mol. The Hall–Kier alpha value is -3.81. The molecule has 1 aliphatic rings. The maximum Gasteiger partial charge on any atom is 0.255 e. The van der Waals surface area contributed by atoms with Crippen molar-refractivity contribution in [2.75, 3.05) is 48.4 Å². The number of rotatable bonds is 6. The first kappa shape index (κ1) is 21.4. The molecule has 2 aromatic carbocycles. The van der Waals surface area contributed by atoms with Gasteiger partial charge in [-0.3, -0.25) is 14.2 Å². The Kier molecular flexibility index (Phi) is 6.39. The van der Waals surface area contributed by atoms with E-state index in [9.17, 15) is 9.59 Å². The SMILES string of the molecule is COc1cccc(NC(=O)Cn2c(N3CCN(c4ccccc4)CC3)nc(C)cc2=O)c1. The molecular weight excluding hydrogens is 406 g/mol. The molecule has 0 aliphatic carbocycles. The van der Waals surface area contributed by atoms with E-state index < -0.39 is 0 Å². The number of benzene rings is 2. The molecule has 1 fully saturated rings. The summed E-state index contributed by atoms with van der Waals surface area (Å²) in [5, 5.41) is 2.83. The molecule has 3 aromatic rings. The Morgan fingerprint density at radius 1 is 1.00 bits per heavy atom. The molecule has 0 unspecified atom stereocenters. The molecule has 0 bridgehead atoms. The second-order valence-electron chi connectivity index (χ2n) is 7.71. The maximum atomic E-state index is 12.8. The van der Waals surface area contributed by atoms with E-state index in [0.717, 1.165) is 13.1 Å². The zero-order valence-electron chi connectivity index (χ0n) is 18.3. The normalized spacial score (nSPS) is 13.7. The van der Waals surface area contributed by atoms with Crippen molar-refractivity contribution in [2.45, 2.75) is 13.5 Å². The van der Waals surface area contributed by atoms with Crippen LogP contribution in [0.3, 0.4) is 0 Å². The molecule has 1 aromatic heterocycles. The number of hydrogen-bond donors (Lipinski definition) is 1. The molecule has 0 saturated carbocycles. The fourth-order valence-corrected chi connectivity index (χ4v) is 3.84. The van der Waals surface area contributed by atoms with Crippen molar-refractivity contribution in [3.8, 4) is 5.75 Å². The van der Waals surface area contributed by atoms with Crippen molar-refractivity contribution in [3.63, 3.8) is 0 Å². The van der Waals surface area contributed by atoms with Crippen molar-refractivity contribution in [1.82, 2.24) is 9.55 Å². The number of methoxy groups -OCH3 is 1. The standard InChI is InChI=1S/C24H27N5O3/c1-18-15-23(31)29(17-22(30)26-19-7-6-10-21(16-19)32-2)24(25-18)28-13-11-27(12-14-28)20-8-4-3-5-9-20/h3-10,15-16H,11-14,17H2,1-2H3,(H,26,30). The third-order valence-corrected chi connectivity index (χ3v) is 5.46. The van der Waals surface area contributed by atoms with Crippen molar-refractivity contribution in [1.29, 1.82) is 0 Å². The molecule has 166 valence electrons. The van der Waals surface area contributed by atoms with E-state index in [0.29, 0.717) is 36.2 Å². The van der Waals surface area contributed by atoms with Gasteiger partial charge in [0.1, 0.15) is 12.3 Å². The summed E-state index contributed by atoms with van der Waals surface area (Å²) in [6.45, 7) is 4.72. The Morgan fingerprint density at radius 3 is 2.44 bits per heavy atom.